The average Bonchev–Trinajstić information content (AvgIpc) is 3.73. The molecule has 2 aliphatic heterocycles. The quantitative estimate of drug-likeness (QED) is 0.200. The first-order chi connectivity index (χ1) is 21.3. The highest BCUT2D eigenvalue weighted by Crippen LogP contribution is 2.46. The van der Waals surface area contributed by atoms with E-state index in [4.69, 9.17) is 5.73 Å². The van der Waals surface area contributed by atoms with Crippen LogP contribution in [0.15, 0.2) is 47.8 Å². The molecule has 0 aliphatic carbocycles. The Bertz CT molecular complexity index is 1720. The molecule has 12 nitrogen and oxygen atoms in total. The molecule has 2 aromatic carbocycles. The van der Waals surface area contributed by atoms with Crippen molar-refractivity contribution in [1.29, 1.82) is 0 Å². The van der Waals surface area contributed by atoms with Gasteiger partial charge in [-0.3, -0.25) is 24.1 Å². The number of thiophene rings is 1. The molecule has 2 aliphatic rings. The Morgan fingerprint density at radius 3 is 2.75 bits per heavy atom. The van der Waals surface area contributed by atoms with E-state index in [1.165, 1.54) is 0 Å². The van der Waals surface area contributed by atoms with Gasteiger partial charge < -0.3 is 16.4 Å². The maximum atomic E-state index is 13.5. The number of rotatable bonds is 11. The molecule has 6 rings (SSSR count). The zero-order valence-corrected chi connectivity index (χ0v) is 25.2. The summed E-state index contributed by atoms with van der Waals surface area (Å²) >= 11 is 1.56. The highest BCUT2D eigenvalue weighted by atomic mass is 32.1. The Labute approximate surface area is 257 Å². The van der Waals surface area contributed by atoms with Gasteiger partial charge in [0.1, 0.15) is 11.6 Å². The number of fused-ring (bicyclic) bond motifs is 1. The van der Waals surface area contributed by atoms with Gasteiger partial charge in [0.05, 0.1) is 18.7 Å². The smallest absolute Gasteiger partial charge is 0.244 e. The van der Waals surface area contributed by atoms with Crippen LogP contribution in [0.1, 0.15) is 55.1 Å². The van der Waals surface area contributed by atoms with Crippen molar-refractivity contribution in [3.63, 3.8) is 0 Å². The predicted molar refractivity (Wildman–Crippen MR) is 164 cm³/mol. The molecule has 0 radical (unpaired) electrons. The van der Waals surface area contributed by atoms with E-state index in [1.807, 2.05) is 54.8 Å². The van der Waals surface area contributed by atoms with Gasteiger partial charge in [0.15, 0.2) is 5.82 Å². The second-order valence-corrected chi connectivity index (χ2v) is 12.5. The first-order valence-corrected chi connectivity index (χ1v) is 15.6. The van der Waals surface area contributed by atoms with Crippen LogP contribution >= 0.6 is 11.3 Å². The minimum Gasteiger partial charge on any atom is -0.368 e. The fourth-order valence-corrected chi connectivity index (χ4v) is 7.47. The van der Waals surface area contributed by atoms with Crippen LogP contribution in [0, 0.1) is 5.92 Å². The third-order valence-electron chi connectivity index (χ3n) is 8.79. The number of hydrogen-bond donors (Lipinski definition) is 4. The van der Waals surface area contributed by atoms with E-state index in [0.29, 0.717) is 31.5 Å². The minimum absolute atomic E-state index is 0.0230. The van der Waals surface area contributed by atoms with Crippen LogP contribution < -0.4 is 21.3 Å². The second kappa shape index (κ2) is 12.2. The molecule has 4 heterocycles. The summed E-state index contributed by atoms with van der Waals surface area (Å²) in [4.78, 5) is 55.2. The van der Waals surface area contributed by atoms with Crippen molar-refractivity contribution in [3.8, 4) is 0 Å². The number of aromatic nitrogens is 4. The van der Waals surface area contributed by atoms with Crippen LogP contribution in [0.2, 0.25) is 0 Å². The van der Waals surface area contributed by atoms with Gasteiger partial charge in [-0.15, -0.1) is 21.5 Å². The van der Waals surface area contributed by atoms with E-state index in [2.05, 4.69) is 31.3 Å². The number of aryl methyl sites for hydroxylation is 1. The minimum atomic E-state index is -1.25. The van der Waals surface area contributed by atoms with Crippen LogP contribution in [-0.2, 0) is 45.0 Å². The number of amides is 4. The zero-order valence-electron chi connectivity index (χ0n) is 24.3. The molecule has 228 valence electrons. The van der Waals surface area contributed by atoms with Crippen molar-refractivity contribution in [2.24, 2.45) is 11.7 Å². The Hall–Kier alpha value is -4.65. The van der Waals surface area contributed by atoms with Crippen molar-refractivity contribution in [3.05, 3.63) is 70.4 Å². The highest BCUT2D eigenvalue weighted by molar-refractivity contribution is 7.17. The number of nitrogens with one attached hydrogen (secondary N) is 3. The van der Waals surface area contributed by atoms with Crippen LogP contribution in [0.4, 0.5) is 5.69 Å². The SMILES string of the molecule is C[C@@H](CCC1(C(N)=O)Cc2cccc3c2N1C(=O)CCC3)[C@H](NC(=O)Cc1csc2ccccc12)C(=O)NCc1nn[nH]n1. The number of aromatic amines is 1. The van der Waals surface area contributed by atoms with E-state index >= 15 is 0 Å². The Balaban J connectivity index is 1.22. The maximum Gasteiger partial charge on any atom is 0.244 e. The van der Waals surface area contributed by atoms with Crippen LogP contribution in [0.3, 0.4) is 0 Å². The van der Waals surface area contributed by atoms with E-state index in [-0.39, 0.29) is 31.2 Å². The molecule has 0 bridgehead atoms. The summed E-state index contributed by atoms with van der Waals surface area (Å²) in [5, 5.41) is 22.3. The number of primary amides is 1. The summed E-state index contributed by atoms with van der Waals surface area (Å²) in [5.74, 6) is -1.52. The maximum absolute atomic E-state index is 13.5. The fraction of sp³-hybridized carbons (Fsp3) is 0.387. The molecular formula is C31H34N8O4S. The van der Waals surface area contributed by atoms with E-state index in [9.17, 15) is 19.2 Å². The van der Waals surface area contributed by atoms with Gasteiger partial charge in [0.2, 0.25) is 23.6 Å². The molecule has 13 heteroatoms. The summed E-state index contributed by atoms with van der Waals surface area (Å²) < 4.78 is 1.08. The number of nitrogens with two attached hydrogens (primary N) is 1. The molecule has 5 N–H and O–H groups in total. The second-order valence-electron chi connectivity index (χ2n) is 11.6. The lowest BCUT2D eigenvalue weighted by atomic mass is 9.83. The molecule has 0 saturated heterocycles. The van der Waals surface area contributed by atoms with Gasteiger partial charge >= 0.3 is 0 Å². The predicted octanol–water partition coefficient (Wildman–Crippen LogP) is 2.32. The first-order valence-electron chi connectivity index (χ1n) is 14.7. The summed E-state index contributed by atoms with van der Waals surface area (Å²) in [6.45, 7) is 1.88. The number of carbonyl (C=O) groups is 4. The molecule has 0 spiro atoms. The van der Waals surface area contributed by atoms with E-state index in [0.717, 1.165) is 38.9 Å². The number of tetrazole rings is 1. The highest BCUT2D eigenvalue weighted by Gasteiger charge is 2.52. The summed E-state index contributed by atoms with van der Waals surface area (Å²) in [6.07, 6.45) is 2.79. The molecule has 0 saturated carbocycles. The number of para-hydroxylation sites is 1. The van der Waals surface area contributed by atoms with Crippen molar-refractivity contribution in [2.75, 3.05) is 4.90 Å². The Kier molecular flexibility index (Phi) is 8.13. The molecular weight excluding hydrogens is 580 g/mol. The topological polar surface area (TPSA) is 176 Å². The molecule has 2 aromatic heterocycles. The fourth-order valence-electron chi connectivity index (χ4n) is 6.51. The number of carbonyl (C=O) groups excluding carboxylic acids is 4. The monoisotopic (exact) mass is 614 g/mol. The number of anilines is 1. The zero-order chi connectivity index (χ0) is 30.8. The van der Waals surface area contributed by atoms with E-state index in [1.54, 1.807) is 16.2 Å². The third kappa shape index (κ3) is 5.54. The van der Waals surface area contributed by atoms with Crippen molar-refractivity contribution in [2.45, 2.75) is 70.0 Å². The van der Waals surface area contributed by atoms with Crippen LogP contribution in [-0.4, -0.2) is 55.8 Å². The Morgan fingerprint density at radius 1 is 1.14 bits per heavy atom. The van der Waals surface area contributed by atoms with Crippen molar-refractivity contribution < 1.29 is 19.2 Å². The summed E-state index contributed by atoms with van der Waals surface area (Å²) in [7, 11) is 0. The molecule has 4 amide bonds. The normalized spacial score (nSPS) is 18.8. The first kappa shape index (κ1) is 29.4. The number of H-pyrrole nitrogens is 1. The van der Waals surface area contributed by atoms with Crippen LogP contribution in [0.5, 0.6) is 0 Å². The number of nitrogens with zero attached hydrogens (tertiary/aromatic N) is 4. The molecule has 1 unspecified atom stereocenters. The number of benzene rings is 2. The van der Waals surface area contributed by atoms with Gasteiger partial charge in [-0.1, -0.05) is 48.5 Å². The van der Waals surface area contributed by atoms with Crippen molar-refractivity contribution in [1.82, 2.24) is 31.3 Å². The number of hydrogen-bond acceptors (Lipinski definition) is 8. The standard InChI is InChI=1S/C31H34N8O4S/c1-18(12-13-31(30(32)43)15-20-8-4-6-19-7-5-11-26(41)39(31)28(19)20)27(29(42)33-16-24-35-37-38-36-24)34-25(40)14-21-17-44-23-10-3-2-9-22(21)23/h2-4,6,8-10,17-18,27H,5,7,11-16H2,1H3,(H2,32,43)(H,33,42)(H,34,40)(H,35,36,37,38)/t18-,27-,31?/m0/s1. The van der Waals surface area contributed by atoms with Gasteiger partial charge in [-0.05, 0) is 65.1 Å². The third-order valence-corrected chi connectivity index (χ3v) is 9.80. The largest absolute Gasteiger partial charge is 0.368 e. The lowest BCUT2D eigenvalue weighted by Crippen LogP contribution is -2.59. The van der Waals surface area contributed by atoms with Gasteiger partial charge in [-0.25, -0.2) is 0 Å². The Morgan fingerprint density at radius 2 is 1.95 bits per heavy atom. The van der Waals surface area contributed by atoms with E-state index < -0.39 is 29.3 Å². The molecule has 3 atom stereocenters. The van der Waals surface area contributed by atoms with Gasteiger partial charge in [0, 0.05) is 17.5 Å². The average molecular weight is 615 g/mol. The van der Waals surface area contributed by atoms with Gasteiger partial charge in [-0.2, -0.15) is 5.21 Å². The van der Waals surface area contributed by atoms with Gasteiger partial charge in [0.25, 0.3) is 0 Å². The summed E-state index contributed by atoms with van der Waals surface area (Å²) in [5.41, 5.74) is 8.48. The summed E-state index contributed by atoms with van der Waals surface area (Å²) in [6, 6.07) is 12.8. The molecule has 0 fully saturated rings. The lowest BCUT2D eigenvalue weighted by Gasteiger charge is -2.37. The molecule has 4 aromatic rings. The van der Waals surface area contributed by atoms with Crippen molar-refractivity contribution >= 4 is 50.7 Å². The lowest BCUT2D eigenvalue weighted by molar-refractivity contribution is -0.130. The van der Waals surface area contributed by atoms with Crippen LogP contribution in [0.25, 0.3) is 10.1 Å². The molecule has 44 heavy (non-hydrogen) atoms.